The summed E-state index contributed by atoms with van der Waals surface area (Å²) in [5, 5.41) is 0. The summed E-state index contributed by atoms with van der Waals surface area (Å²) >= 11 is 0. The molecule has 0 aliphatic carbocycles. The van der Waals surface area contributed by atoms with E-state index in [0.29, 0.717) is 18.2 Å². The van der Waals surface area contributed by atoms with Gasteiger partial charge in [0.05, 0.1) is 18.4 Å². The molecular weight excluding hydrogens is 316 g/mol. The molecule has 0 spiro atoms. The van der Waals surface area contributed by atoms with E-state index in [1.165, 1.54) is 0 Å². The van der Waals surface area contributed by atoms with Gasteiger partial charge in [0.15, 0.2) is 0 Å². The minimum absolute atomic E-state index is 0.0759. The van der Waals surface area contributed by atoms with Gasteiger partial charge >= 0.3 is 0 Å². The summed E-state index contributed by atoms with van der Waals surface area (Å²) in [6, 6.07) is 3.69. The van der Waals surface area contributed by atoms with Crippen LogP contribution in [0.5, 0.6) is 5.75 Å². The van der Waals surface area contributed by atoms with Crippen molar-refractivity contribution in [2.24, 2.45) is 10.7 Å². The minimum Gasteiger partial charge on any atom is -0.437 e. The number of rotatable bonds is 2. The molecule has 1 saturated heterocycles. The third-order valence-corrected chi connectivity index (χ3v) is 4.72. The maximum Gasteiger partial charge on any atom is 0.243 e. The molecular formula is C18H22N6O. The Bertz CT molecular complexity index is 822. The average Bonchev–Trinajstić information content (AvgIpc) is 2.97. The molecule has 2 aliphatic rings. The van der Waals surface area contributed by atoms with Gasteiger partial charge in [-0.1, -0.05) is 0 Å². The zero-order valence-corrected chi connectivity index (χ0v) is 14.6. The minimum atomic E-state index is -0.0759. The summed E-state index contributed by atoms with van der Waals surface area (Å²) < 4.78 is 5.87. The fourth-order valence-corrected chi connectivity index (χ4v) is 3.10. The standard InChI is InChI=1S/C18H22N6O/c1-12-9-13(3-6-20-12)25-17-16-14(10-22-17)23-15(11-21-16)24-7-4-18(2,19)5-8-24/h3,6,9,11H,4-5,7-8,10,19H2,1-2H3. The molecule has 7 nitrogen and oxygen atoms in total. The molecule has 2 aromatic rings. The van der Waals surface area contributed by atoms with E-state index in [-0.39, 0.29) is 5.54 Å². The van der Waals surface area contributed by atoms with Gasteiger partial charge in [-0.25, -0.2) is 15.0 Å². The van der Waals surface area contributed by atoms with E-state index in [1.807, 2.05) is 19.1 Å². The zero-order valence-electron chi connectivity index (χ0n) is 14.6. The fourth-order valence-electron chi connectivity index (χ4n) is 3.10. The monoisotopic (exact) mass is 338 g/mol. The second-order valence-corrected chi connectivity index (χ2v) is 7.02. The number of aromatic nitrogens is 3. The van der Waals surface area contributed by atoms with Crippen LogP contribution < -0.4 is 15.4 Å². The molecule has 0 aromatic carbocycles. The molecule has 0 radical (unpaired) electrons. The first-order valence-electron chi connectivity index (χ1n) is 8.55. The van der Waals surface area contributed by atoms with Crippen LogP contribution in [0.4, 0.5) is 5.82 Å². The summed E-state index contributed by atoms with van der Waals surface area (Å²) in [5.41, 5.74) is 8.61. The molecule has 4 heterocycles. The van der Waals surface area contributed by atoms with E-state index in [0.717, 1.165) is 48.8 Å². The Morgan fingerprint density at radius 3 is 2.80 bits per heavy atom. The lowest BCUT2D eigenvalue weighted by molar-refractivity contribution is 0.363. The summed E-state index contributed by atoms with van der Waals surface area (Å²) in [4.78, 5) is 20.2. The van der Waals surface area contributed by atoms with Crippen LogP contribution in [0, 0.1) is 6.92 Å². The van der Waals surface area contributed by atoms with Crippen LogP contribution in [0.1, 0.15) is 36.8 Å². The third-order valence-electron chi connectivity index (χ3n) is 4.72. The number of ether oxygens (including phenoxy) is 1. The van der Waals surface area contributed by atoms with E-state index in [2.05, 4.69) is 26.8 Å². The molecule has 0 atom stereocenters. The molecule has 0 unspecified atom stereocenters. The smallest absolute Gasteiger partial charge is 0.243 e. The van der Waals surface area contributed by atoms with Gasteiger partial charge < -0.3 is 15.4 Å². The highest BCUT2D eigenvalue weighted by atomic mass is 16.5. The highest BCUT2D eigenvalue weighted by molar-refractivity contribution is 5.96. The van der Waals surface area contributed by atoms with Crippen molar-refractivity contribution in [3.63, 3.8) is 0 Å². The number of aryl methyl sites for hydroxylation is 1. The zero-order chi connectivity index (χ0) is 17.4. The lowest BCUT2D eigenvalue weighted by Gasteiger charge is -2.37. The van der Waals surface area contributed by atoms with Gasteiger partial charge in [0.2, 0.25) is 5.90 Å². The van der Waals surface area contributed by atoms with Crippen LogP contribution in [0.3, 0.4) is 0 Å². The van der Waals surface area contributed by atoms with Gasteiger partial charge in [-0.15, -0.1) is 0 Å². The van der Waals surface area contributed by atoms with Gasteiger partial charge in [-0.2, -0.15) is 0 Å². The molecule has 1 fully saturated rings. The lowest BCUT2D eigenvalue weighted by Crippen LogP contribution is -2.48. The lowest BCUT2D eigenvalue weighted by atomic mass is 9.91. The first kappa shape index (κ1) is 16.0. The van der Waals surface area contributed by atoms with E-state index in [9.17, 15) is 0 Å². The van der Waals surface area contributed by atoms with E-state index < -0.39 is 0 Å². The molecule has 4 rings (SSSR count). The highest BCUT2D eigenvalue weighted by Crippen LogP contribution is 2.25. The van der Waals surface area contributed by atoms with Crippen LogP contribution in [0.25, 0.3) is 0 Å². The van der Waals surface area contributed by atoms with Gasteiger partial charge in [-0.05, 0) is 32.8 Å². The largest absolute Gasteiger partial charge is 0.437 e. The molecule has 2 aliphatic heterocycles. The van der Waals surface area contributed by atoms with Crippen molar-refractivity contribution >= 4 is 11.7 Å². The number of pyridine rings is 1. The van der Waals surface area contributed by atoms with Crippen LogP contribution in [0.15, 0.2) is 29.5 Å². The number of hydrogen-bond donors (Lipinski definition) is 1. The Balaban J connectivity index is 1.50. The van der Waals surface area contributed by atoms with Crippen molar-refractivity contribution in [3.05, 3.63) is 41.6 Å². The van der Waals surface area contributed by atoms with Crippen molar-refractivity contribution in [2.75, 3.05) is 18.0 Å². The predicted molar refractivity (Wildman–Crippen MR) is 95.9 cm³/mol. The van der Waals surface area contributed by atoms with Crippen LogP contribution in [-0.4, -0.2) is 39.5 Å². The van der Waals surface area contributed by atoms with Crippen molar-refractivity contribution in [1.82, 2.24) is 15.0 Å². The first-order chi connectivity index (χ1) is 12.0. The molecule has 25 heavy (non-hydrogen) atoms. The van der Waals surface area contributed by atoms with E-state index in [1.54, 1.807) is 12.4 Å². The maximum atomic E-state index is 6.21. The second-order valence-electron chi connectivity index (χ2n) is 7.02. The van der Waals surface area contributed by atoms with Crippen LogP contribution in [-0.2, 0) is 6.54 Å². The molecule has 0 bridgehead atoms. The second kappa shape index (κ2) is 6.07. The number of nitrogens with zero attached hydrogens (tertiary/aromatic N) is 5. The topological polar surface area (TPSA) is 89.5 Å². The average molecular weight is 338 g/mol. The number of piperidine rings is 1. The predicted octanol–water partition coefficient (Wildman–Crippen LogP) is 1.84. The molecule has 130 valence electrons. The van der Waals surface area contributed by atoms with E-state index >= 15 is 0 Å². The van der Waals surface area contributed by atoms with Crippen LogP contribution in [0.2, 0.25) is 0 Å². The summed E-state index contributed by atoms with van der Waals surface area (Å²) in [5.74, 6) is 2.13. The van der Waals surface area contributed by atoms with Crippen LogP contribution >= 0.6 is 0 Å². The fraction of sp³-hybridized carbons (Fsp3) is 0.444. The number of fused-ring (bicyclic) bond motifs is 1. The van der Waals surface area contributed by atoms with Crippen molar-refractivity contribution in [3.8, 4) is 5.75 Å². The normalized spacial score (nSPS) is 18.7. The quantitative estimate of drug-likeness (QED) is 0.898. The Hall–Kier alpha value is -2.54. The number of nitrogens with two attached hydrogens (primary N) is 1. The Kier molecular flexibility index (Phi) is 3.88. The van der Waals surface area contributed by atoms with Gasteiger partial charge in [-0.3, -0.25) is 4.98 Å². The third kappa shape index (κ3) is 3.32. The van der Waals surface area contributed by atoms with E-state index in [4.69, 9.17) is 15.5 Å². The molecule has 7 heteroatoms. The summed E-state index contributed by atoms with van der Waals surface area (Å²) in [7, 11) is 0. The Labute approximate surface area is 147 Å². The van der Waals surface area contributed by atoms with Crippen molar-refractivity contribution in [2.45, 2.75) is 38.8 Å². The molecule has 2 N–H and O–H groups in total. The molecule has 0 saturated carbocycles. The molecule has 0 amide bonds. The highest BCUT2D eigenvalue weighted by Gasteiger charge is 2.28. The first-order valence-corrected chi connectivity index (χ1v) is 8.55. The van der Waals surface area contributed by atoms with Crippen molar-refractivity contribution < 1.29 is 4.74 Å². The SMILES string of the molecule is Cc1cc(OC2=NCc3nc(N4CCC(C)(N)CC4)cnc32)ccn1. The number of hydrogen-bond acceptors (Lipinski definition) is 7. The molecule has 2 aromatic heterocycles. The Morgan fingerprint density at radius 1 is 1.24 bits per heavy atom. The summed E-state index contributed by atoms with van der Waals surface area (Å²) in [6.07, 6.45) is 5.44. The van der Waals surface area contributed by atoms with Gasteiger partial charge in [0, 0.05) is 36.6 Å². The number of anilines is 1. The maximum absolute atomic E-state index is 6.21. The van der Waals surface area contributed by atoms with Gasteiger partial charge in [0.1, 0.15) is 17.3 Å². The summed E-state index contributed by atoms with van der Waals surface area (Å²) in [6.45, 7) is 6.34. The van der Waals surface area contributed by atoms with Gasteiger partial charge in [0.25, 0.3) is 0 Å². The van der Waals surface area contributed by atoms with Crippen molar-refractivity contribution in [1.29, 1.82) is 0 Å². The Morgan fingerprint density at radius 2 is 2.04 bits per heavy atom. The number of aliphatic imine (C=N–C) groups is 1.